The number of carbonyl (C=O) groups excluding carboxylic acids is 1. The minimum absolute atomic E-state index is 0.270. The summed E-state index contributed by atoms with van der Waals surface area (Å²) in [5, 5.41) is 0. The van der Waals surface area contributed by atoms with Gasteiger partial charge in [0.2, 0.25) is 5.91 Å². The molecule has 1 fully saturated rings. The molecular formula is C14H18N2OS. The van der Waals surface area contributed by atoms with Gasteiger partial charge in [-0.2, -0.15) is 0 Å². The van der Waals surface area contributed by atoms with Crippen LogP contribution in [-0.2, 0) is 4.79 Å². The summed E-state index contributed by atoms with van der Waals surface area (Å²) in [6, 6.07) is 5.87. The van der Waals surface area contributed by atoms with Crippen LogP contribution in [0.15, 0.2) is 23.1 Å². The Kier molecular flexibility index (Phi) is 3.20. The predicted molar refractivity (Wildman–Crippen MR) is 75.9 cm³/mol. The van der Waals surface area contributed by atoms with Gasteiger partial charge in [-0.3, -0.25) is 4.79 Å². The first kappa shape index (κ1) is 11.9. The molecule has 0 saturated heterocycles. The summed E-state index contributed by atoms with van der Waals surface area (Å²) < 4.78 is 0. The number of anilines is 2. The summed E-state index contributed by atoms with van der Waals surface area (Å²) in [5.74, 6) is 1.87. The molecule has 0 radical (unpaired) electrons. The molecule has 1 aromatic carbocycles. The number of carbonyl (C=O) groups is 1. The number of nitrogens with zero attached hydrogens (tertiary/aromatic N) is 1. The van der Waals surface area contributed by atoms with Crippen LogP contribution < -0.4 is 10.6 Å². The van der Waals surface area contributed by atoms with Gasteiger partial charge in [0.05, 0.1) is 5.69 Å². The van der Waals surface area contributed by atoms with Crippen molar-refractivity contribution in [1.82, 2.24) is 0 Å². The Morgan fingerprint density at radius 1 is 1.44 bits per heavy atom. The average Bonchev–Trinajstić information content (AvgIpc) is 2.32. The Hall–Kier alpha value is -1.16. The van der Waals surface area contributed by atoms with Gasteiger partial charge in [-0.1, -0.05) is 6.42 Å². The fraction of sp³-hybridized carbons (Fsp3) is 0.500. The molecule has 0 aromatic heterocycles. The topological polar surface area (TPSA) is 46.3 Å². The summed E-state index contributed by atoms with van der Waals surface area (Å²) in [5.41, 5.74) is 7.58. The van der Waals surface area contributed by atoms with E-state index in [0.717, 1.165) is 23.7 Å². The minimum atomic E-state index is 0.270. The van der Waals surface area contributed by atoms with E-state index in [9.17, 15) is 4.79 Å². The number of benzene rings is 1. The van der Waals surface area contributed by atoms with Crippen LogP contribution in [0.25, 0.3) is 0 Å². The molecule has 2 N–H and O–H groups in total. The van der Waals surface area contributed by atoms with Gasteiger partial charge in [-0.25, -0.2) is 0 Å². The first-order valence-electron chi connectivity index (χ1n) is 6.57. The molecule has 0 atom stereocenters. The predicted octanol–water partition coefficient (Wildman–Crippen LogP) is 2.90. The summed E-state index contributed by atoms with van der Waals surface area (Å²) in [6.07, 6.45) is 4.44. The molecule has 0 unspecified atom stereocenters. The number of rotatable bonds is 2. The number of amides is 1. The number of hydrogen-bond acceptors (Lipinski definition) is 3. The smallest absolute Gasteiger partial charge is 0.227 e. The molecular weight excluding hydrogens is 244 g/mol. The third kappa shape index (κ3) is 2.21. The largest absolute Gasteiger partial charge is 0.399 e. The van der Waals surface area contributed by atoms with Crippen molar-refractivity contribution >= 4 is 29.0 Å². The quantitative estimate of drug-likeness (QED) is 0.834. The Morgan fingerprint density at radius 2 is 2.28 bits per heavy atom. The van der Waals surface area contributed by atoms with Gasteiger partial charge in [0, 0.05) is 29.3 Å². The van der Waals surface area contributed by atoms with Crippen molar-refractivity contribution in [1.29, 1.82) is 0 Å². The van der Waals surface area contributed by atoms with Crippen LogP contribution in [0.3, 0.4) is 0 Å². The lowest BCUT2D eigenvalue weighted by molar-refractivity contribution is -0.120. The Morgan fingerprint density at radius 3 is 3.00 bits per heavy atom. The standard InChI is InChI=1S/C14H18N2OS/c15-11-4-5-13-12(9-11)16(6-7-18-13)14(17)8-10-2-1-3-10/h4-5,9-10H,1-3,6-8,15H2. The molecule has 3 rings (SSSR count). The maximum atomic E-state index is 12.4. The van der Waals surface area contributed by atoms with Crippen LogP contribution in [0.4, 0.5) is 11.4 Å². The molecule has 1 heterocycles. The molecule has 1 amide bonds. The van der Waals surface area contributed by atoms with Crippen LogP contribution in [0.2, 0.25) is 0 Å². The first-order chi connectivity index (χ1) is 8.74. The van der Waals surface area contributed by atoms with Crippen LogP contribution >= 0.6 is 11.8 Å². The lowest BCUT2D eigenvalue weighted by Gasteiger charge is -2.32. The third-order valence-corrected chi connectivity index (χ3v) is 4.88. The van der Waals surface area contributed by atoms with E-state index >= 15 is 0 Å². The van der Waals surface area contributed by atoms with Gasteiger partial charge >= 0.3 is 0 Å². The summed E-state index contributed by atoms with van der Waals surface area (Å²) in [6.45, 7) is 0.812. The Bertz CT molecular complexity index is 471. The second kappa shape index (κ2) is 4.84. The van der Waals surface area contributed by atoms with E-state index in [1.807, 2.05) is 34.9 Å². The maximum Gasteiger partial charge on any atom is 0.227 e. The summed E-state index contributed by atoms with van der Waals surface area (Å²) >= 11 is 1.81. The number of thioether (sulfide) groups is 1. The normalized spacial score (nSPS) is 19.2. The van der Waals surface area contributed by atoms with E-state index in [-0.39, 0.29) is 5.91 Å². The van der Waals surface area contributed by atoms with Crippen LogP contribution in [0, 0.1) is 5.92 Å². The molecule has 2 aliphatic rings. The highest BCUT2D eigenvalue weighted by molar-refractivity contribution is 7.99. The van der Waals surface area contributed by atoms with Crippen LogP contribution in [0.5, 0.6) is 0 Å². The molecule has 0 bridgehead atoms. The van der Waals surface area contributed by atoms with Crippen molar-refractivity contribution < 1.29 is 4.79 Å². The van der Waals surface area contributed by atoms with Gasteiger partial charge < -0.3 is 10.6 Å². The molecule has 3 nitrogen and oxygen atoms in total. The maximum absolute atomic E-state index is 12.4. The third-order valence-electron chi connectivity index (χ3n) is 3.84. The van der Waals surface area contributed by atoms with E-state index in [1.165, 1.54) is 24.2 Å². The zero-order valence-electron chi connectivity index (χ0n) is 10.4. The van der Waals surface area contributed by atoms with Crippen molar-refractivity contribution in [3.8, 4) is 0 Å². The molecule has 1 aliphatic carbocycles. The van der Waals surface area contributed by atoms with Gasteiger partial charge in [0.25, 0.3) is 0 Å². The van der Waals surface area contributed by atoms with Crippen molar-refractivity contribution in [2.24, 2.45) is 5.92 Å². The zero-order valence-corrected chi connectivity index (χ0v) is 11.2. The SMILES string of the molecule is Nc1ccc2c(c1)N(C(=O)CC1CCC1)CCS2. The fourth-order valence-electron chi connectivity index (χ4n) is 2.55. The second-order valence-electron chi connectivity index (χ2n) is 5.12. The van der Waals surface area contributed by atoms with Crippen LogP contribution in [0.1, 0.15) is 25.7 Å². The number of nitrogens with two attached hydrogens (primary N) is 1. The molecule has 1 saturated carbocycles. The summed E-state index contributed by atoms with van der Waals surface area (Å²) in [7, 11) is 0. The number of fused-ring (bicyclic) bond motifs is 1. The van der Waals surface area contributed by atoms with Gasteiger partial charge in [0.1, 0.15) is 0 Å². The molecule has 4 heteroatoms. The average molecular weight is 262 g/mol. The highest BCUT2D eigenvalue weighted by atomic mass is 32.2. The molecule has 1 aliphatic heterocycles. The first-order valence-corrected chi connectivity index (χ1v) is 7.55. The highest BCUT2D eigenvalue weighted by Crippen LogP contribution is 2.37. The van der Waals surface area contributed by atoms with Crippen molar-refractivity contribution in [2.75, 3.05) is 22.9 Å². The fourth-order valence-corrected chi connectivity index (χ4v) is 3.52. The molecule has 0 spiro atoms. The van der Waals surface area contributed by atoms with Gasteiger partial charge in [-0.05, 0) is 37.0 Å². The summed E-state index contributed by atoms with van der Waals surface area (Å²) in [4.78, 5) is 15.5. The lowest BCUT2D eigenvalue weighted by atomic mass is 9.82. The molecule has 96 valence electrons. The highest BCUT2D eigenvalue weighted by Gasteiger charge is 2.27. The Balaban J connectivity index is 1.81. The van der Waals surface area contributed by atoms with Crippen molar-refractivity contribution in [2.45, 2.75) is 30.6 Å². The van der Waals surface area contributed by atoms with E-state index < -0.39 is 0 Å². The van der Waals surface area contributed by atoms with E-state index in [2.05, 4.69) is 0 Å². The number of hydrogen-bond donors (Lipinski definition) is 1. The van der Waals surface area contributed by atoms with Gasteiger partial charge in [-0.15, -0.1) is 11.8 Å². The van der Waals surface area contributed by atoms with Crippen LogP contribution in [-0.4, -0.2) is 18.2 Å². The zero-order chi connectivity index (χ0) is 12.5. The second-order valence-corrected chi connectivity index (χ2v) is 6.26. The minimum Gasteiger partial charge on any atom is -0.399 e. The van der Waals surface area contributed by atoms with Gasteiger partial charge in [0.15, 0.2) is 0 Å². The van der Waals surface area contributed by atoms with E-state index in [4.69, 9.17) is 5.73 Å². The van der Waals surface area contributed by atoms with E-state index in [0.29, 0.717) is 12.3 Å². The molecule has 18 heavy (non-hydrogen) atoms. The monoisotopic (exact) mass is 262 g/mol. The number of nitrogen functional groups attached to an aromatic ring is 1. The van der Waals surface area contributed by atoms with E-state index in [1.54, 1.807) is 0 Å². The molecule has 1 aromatic rings. The van der Waals surface area contributed by atoms with Crippen molar-refractivity contribution in [3.63, 3.8) is 0 Å². The lowest BCUT2D eigenvalue weighted by Crippen LogP contribution is -2.37. The Labute approximate surface area is 112 Å². The van der Waals surface area contributed by atoms with Crippen molar-refractivity contribution in [3.05, 3.63) is 18.2 Å².